The van der Waals surface area contributed by atoms with E-state index in [1.807, 2.05) is 36.4 Å². The van der Waals surface area contributed by atoms with Crippen molar-refractivity contribution in [1.82, 2.24) is 5.32 Å². The van der Waals surface area contributed by atoms with Gasteiger partial charge < -0.3 is 20.5 Å². The lowest BCUT2D eigenvalue weighted by molar-refractivity contribution is -0.118. The van der Waals surface area contributed by atoms with Crippen LogP contribution in [0, 0.1) is 0 Å². The summed E-state index contributed by atoms with van der Waals surface area (Å²) in [6.07, 6.45) is 0.766. The Morgan fingerprint density at radius 3 is 2.17 bits per heavy atom. The molecule has 0 fully saturated rings. The average Bonchev–Trinajstić information content (AvgIpc) is 2.95. The molecule has 0 aliphatic carbocycles. The number of carbonyl (C=O) groups is 2. The van der Waals surface area contributed by atoms with Crippen molar-refractivity contribution in [3.63, 3.8) is 0 Å². The Labute approximate surface area is 238 Å². The van der Waals surface area contributed by atoms with Gasteiger partial charge in [-0.2, -0.15) is 10.2 Å². The lowest BCUT2D eigenvalue weighted by Crippen LogP contribution is -2.40. The Kier molecular flexibility index (Phi) is 9.21. The fourth-order valence-electron chi connectivity index (χ4n) is 3.72. The van der Waals surface area contributed by atoms with Gasteiger partial charge in [0.15, 0.2) is 0 Å². The number of hydrogen-bond donors (Lipinski definition) is 3. The molecule has 4 rings (SSSR count). The predicted molar refractivity (Wildman–Crippen MR) is 160 cm³/mol. The monoisotopic (exact) mass is 549 g/mol. The SMILES string of the molecule is CC(C)(C)OC(=O)N[C@@H](C(=O)Nc1ccccc1N=Cc1cc(N=Nc2ccccc2)ccc1O)c1ccccc1. The largest absolute Gasteiger partial charge is 0.507 e. The van der Waals surface area contributed by atoms with Crippen molar-refractivity contribution in [1.29, 1.82) is 0 Å². The summed E-state index contributed by atoms with van der Waals surface area (Å²) < 4.78 is 5.37. The number of benzene rings is 4. The molecule has 0 heterocycles. The number of ether oxygens (including phenoxy) is 1. The van der Waals surface area contributed by atoms with E-state index < -0.39 is 23.6 Å². The number of para-hydroxylation sites is 2. The first-order valence-corrected chi connectivity index (χ1v) is 13.0. The van der Waals surface area contributed by atoms with E-state index in [9.17, 15) is 14.7 Å². The van der Waals surface area contributed by atoms with Gasteiger partial charge in [0.1, 0.15) is 17.4 Å². The van der Waals surface area contributed by atoms with Gasteiger partial charge in [0.2, 0.25) is 0 Å². The number of hydrogen-bond acceptors (Lipinski definition) is 7. The molecule has 9 heteroatoms. The molecule has 41 heavy (non-hydrogen) atoms. The summed E-state index contributed by atoms with van der Waals surface area (Å²) in [5, 5.41) is 24.4. The van der Waals surface area contributed by atoms with Crippen molar-refractivity contribution < 1.29 is 19.4 Å². The third-order valence-corrected chi connectivity index (χ3v) is 5.61. The smallest absolute Gasteiger partial charge is 0.408 e. The van der Waals surface area contributed by atoms with Crippen LogP contribution >= 0.6 is 0 Å². The topological polar surface area (TPSA) is 125 Å². The highest BCUT2D eigenvalue weighted by Crippen LogP contribution is 2.28. The standard InChI is InChI=1S/C32H31N5O4/c1-32(2,3)41-31(40)35-29(22-12-6-4-7-13-22)30(39)34-27-17-11-10-16-26(27)33-21-23-20-25(18-19-28(23)38)37-36-24-14-8-5-9-15-24/h4-21,29,38H,1-3H3,(H,34,39)(H,35,40)/t29-/m1/s1. The number of azo groups is 1. The quantitative estimate of drug-likeness (QED) is 0.153. The molecule has 4 aromatic carbocycles. The number of aromatic hydroxyl groups is 1. The maximum absolute atomic E-state index is 13.4. The number of nitrogens with one attached hydrogen (secondary N) is 2. The van der Waals surface area contributed by atoms with Gasteiger partial charge in [0.25, 0.3) is 5.91 Å². The normalized spacial score (nSPS) is 12.3. The number of aliphatic imine (C=N–C) groups is 1. The maximum Gasteiger partial charge on any atom is 0.408 e. The lowest BCUT2D eigenvalue weighted by Gasteiger charge is -2.23. The first-order chi connectivity index (χ1) is 19.7. The maximum atomic E-state index is 13.4. The van der Waals surface area contributed by atoms with E-state index in [4.69, 9.17) is 4.74 Å². The summed E-state index contributed by atoms with van der Waals surface area (Å²) in [4.78, 5) is 30.5. The van der Waals surface area contributed by atoms with Crippen LogP contribution < -0.4 is 10.6 Å². The molecule has 0 spiro atoms. The molecule has 0 unspecified atom stereocenters. The zero-order valence-corrected chi connectivity index (χ0v) is 23.0. The number of anilines is 1. The van der Waals surface area contributed by atoms with Crippen molar-refractivity contribution in [3.8, 4) is 5.75 Å². The molecule has 0 aliphatic rings. The highest BCUT2D eigenvalue weighted by molar-refractivity contribution is 6.00. The van der Waals surface area contributed by atoms with E-state index in [1.54, 1.807) is 81.4 Å². The molecule has 4 aromatic rings. The first-order valence-electron chi connectivity index (χ1n) is 13.0. The predicted octanol–water partition coefficient (Wildman–Crippen LogP) is 7.76. The number of alkyl carbamates (subject to hydrolysis) is 1. The summed E-state index contributed by atoms with van der Waals surface area (Å²) in [6, 6.07) is 29.0. The highest BCUT2D eigenvalue weighted by Gasteiger charge is 2.26. The van der Waals surface area contributed by atoms with Gasteiger partial charge >= 0.3 is 6.09 Å². The van der Waals surface area contributed by atoms with E-state index in [-0.39, 0.29) is 5.75 Å². The van der Waals surface area contributed by atoms with Crippen LogP contribution in [0.4, 0.5) is 27.5 Å². The summed E-state index contributed by atoms with van der Waals surface area (Å²) in [5.41, 5.74) is 2.38. The Morgan fingerprint density at radius 1 is 0.829 bits per heavy atom. The van der Waals surface area contributed by atoms with Gasteiger partial charge in [-0.3, -0.25) is 9.79 Å². The summed E-state index contributed by atoms with van der Waals surface area (Å²) >= 11 is 0. The Balaban J connectivity index is 1.54. The Bertz CT molecular complexity index is 1550. The van der Waals surface area contributed by atoms with Gasteiger partial charge in [-0.05, 0) is 68.8 Å². The second kappa shape index (κ2) is 13.2. The van der Waals surface area contributed by atoms with Gasteiger partial charge in [-0.1, -0.05) is 60.7 Å². The Morgan fingerprint density at radius 2 is 1.46 bits per heavy atom. The third kappa shape index (κ3) is 8.59. The fourth-order valence-corrected chi connectivity index (χ4v) is 3.72. The fraction of sp³-hybridized carbons (Fsp3) is 0.156. The van der Waals surface area contributed by atoms with E-state index >= 15 is 0 Å². The van der Waals surface area contributed by atoms with Crippen LogP contribution in [0.1, 0.15) is 37.9 Å². The minimum atomic E-state index is -1.02. The molecule has 0 saturated carbocycles. The van der Waals surface area contributed by atoms with E-state index in [0.717, 1.165) is 0 Å². The number of nitrogens with zero attached hydrogens (tertiary/aromatic N) is 3. The molecule has 0 aliphatic heterocycles. The minimum absolute atomic E-state index is 0.0135. The van der Waals surface area contributed by atoms with Crippen molar-refractivity contribution in [2.75, 3.05) is 5.32 Å². The first kappa shape index (κ1) is 28.7. The van der Waals surface area contributed by atoms with Crippen molar-refractivity contribution >= 4 is 41.0 Å². The molecule has 9 nitrogen and oxygen atoms in total. The van der Waals surface area contributed by atoms with Crippen molar-refractivity contribution in [2.24, 2.45) is 15.2 Å². The van der Waals surface area contributed by atoms with Gasteiger partial charge in [0.05, 0.1) is 22.7 Å². The summed E-state index contributed by atoms with van der Waals surface area (Å²) in [7, 11) is 0. The number of rotatable bonds is 8. The highest BCUT2D eigenvalue weighted by atomic mass is 16.6. The average molecular weight is 550 g/mol. The van der Waals surface area contributed by atoms with Gasteiger partial charge in [-0.15, -0.1) is 0 Å². The number of amides is 2. The van der Waals surface area contributed by atoms with Gasteiger partial charge in [-0.25, -0.2) is 4.79 Å². The zero-order valence-electron chi connectivity index (χ0n) is 23.0. The molecular weight excluding hydrogens is 518 g/mol. The number of phenolic OH excluding ortho intramolecular Hbond substituents is 1. The van der Waals surface area contributed by atoms with E-state index in [1.165, 1.54) is 12.3 Å². The molecule has 0 bridgehead atoms. The third-order valence-electron chi connectivity index (χ3n) is 5.61. The molecular formula is C32H31N5O4. The second-order valence-corrected chi connectivity index (χ2v) is 10.0. The van der Waals surface area contributed by atoms with Crippen molar-refractivity contribution in [3.05, 3.63) is 114 Å². The molecule has 208 valence electrons. The van der Waals surface area contributed by atoms with Crippen LogP contribution in [0.2, 0.25) is 0 Å². The van der Waals surface area contributed by atoms with Crippen LogP contribution in [0.5, 0.6) is 5.75 Å². The molecule has 0 saturated heterocycles. The molecule has 1 atom stereocenters. The number of carbonyl (C=O) groups excluding carboxylic acids is 2. The minimum Gasteiger partial charge on any atom is -0.507 e. The van der Waals surface area contributed by atoms with Crippen LogP contribution in [-0.2, 0) is 9.53 Å². The van der Waals surface area contributed by atoms with Crippen LogP contribution in [0.3, 0.4) is 0 Å². The summed E-state index contributed by atoms with van der Waals surface area (Å²) in [6.45, 7) is 5.24. The zero-order chi connectivity index (χ0) is 29.2. The molecule has 0 aromatic heterocycles. The molecule has 2 amide bonds. The van der Waals surface area contributed by atoms with Crippen LogP contribution in [0.25, 0.3) is 0 Å². The Hall–Kier alpha value is -5.31. The van der Waals surface area contributed by atoms with E-state index in [0.29, 0.717) is 33.9 Å². The van der Waals surface area contributed by atoms with Crippen molar-refractivity contribution in [2.45, 2.75) is 32.4 Å². The number of phenols is 1. The second-order valence-electron chi connectivity index (χ2n) is 10.0. The molecule has 3 N–H and O–H groups in total. The molecule has 0 radical (unpaired) electrons. The lowest BCUT2D eigenvalue weighted by atomic mass is 10.1. The summed E-state index contributed by atoms with van der Waals surface area (Å²) in [5.74, 6) is -0.462. The van der Waals surface area contributed by atoms with Crippen LogP contribution in [-0.4, -0.2) is 28.9 Å². The van der Waals surface area contributed by atoms with Crippen LogP contribution in [0.15, 0.2) is 118 Å². The van der Waals surface area contributed by atoms with E-state index in [2.05, 4.69) is 25.9 Å². The van der Waals surface area contributed by atoms with Gasteiger partial charge in [0, 0.05) is 11.8 Å².